The molecule has 0 aliphatic rings. The number of rotatable bonds is 3. The summed E-state index contributed by atoms with van der Waals surface area (Å²) in [5, 5.41) is 4.33. The van der Waals surface area contributed by atoms with Gasteiger partial charge in [-0.1, -0.05) is 24.3 Å². The van der Waals surface area contributed by atoms with Crippen molar-refractivity contribution in [3.05, 3.63) is 23.3 Å². The van der Waals surface area contributed by atoms with E-state index in [1.165, 1.54) is 0 Å². The van der Waals surface area contributed by atoms with E-state index in [0.29, 0.717) is 5.03 Å². The van der Waals surface area contributed by atoms with Gasteiger partial charge in [-0.3, -0.25) is 0 Å². The van der Waals surface area contributed by atoms with Crippen LogP contribution in [-0.2, 0) is 0 Å². The van der Waals surface area contributed by atoms with Gasteiger partial charge in [0.05, 0.1) is 11.2 Å². The van der Waals surface area contributed by atoms with Crippen LogP contribution >= 0.6 is 11.6 Å². The zero-order valence-electron chi connectivity index (χ0n) is 6.19. The molecule has 0 radical (unpaired) electrons. The maximum absolute atomic E-state index is 5.73. The van der Waals surface area contributed by atoms with E-state index in [1.807, 2.05) is 6.92 Å². The van der Waals surface area contributed by atoms with Crippen LogP contribution < -0.4 is 5.43 Å². The average Bonchev–Trinajstić information content (AvgIpc) is 1.98. The minimum Gasteiger partial charge on any atom is -0.313 e. The topological polar surface area (TPSA) is 24.4 Å². The molecule has 0 spiro atoms. The third-order valence-electron chi connectivity index (χ3n) is 0.990. The minimum absolute atomic E-state index is 0.601. The Morgan fingerprint density at radius 1 is 1.70 bits per heavy atom. The lowest BCUT2D eigenvalue weighted by molar-refractivity contribution is 0.908. The van der Waals surface area contributed by atoms with Gasteiger partial charge in [0.15, 0.2) is 0 Å². The predicted molar refractivity (Wildman–Crippen MR) is 46.3 cm³/mol. The highest BCUT2D eigenvalue weighted by molar-refractivity contribution is 6.39. The van der Waals surface area contributed by atoms with E-state index in [-0.39, 0.29) is 0 Å². The molecule has 0 aliphatic heterocycles. The molecule has 0 aromatic carbocycles. The Bertz CT molecular complexity index is 170. The molecular formula is C7H11ClN2. The molecule has 0 aromatic rings. The van der Waals surface area contributed by atoms with Gasteiger partial charge in [-0.15, -0.1) is 0 Å². The highest BCUT2D eigenvalue weighted by Gasteiger charge is 1.88. The third kappa shape index (κ3) is 3.30. The van der Waals surface area contributed by atoms with Crippen LogP contribution in [0.25, 0.3) is 0 Å². The second kappa shape index (κ2) is 5.06. The number of nitrogens with zero attached hydrogens (tertiary/aromatic N) is 1. The number of hydrogen-bond donors (Lipinski definition) is 1. The van der Waals surface area contributed by atoms with Crippen LogP contribution in [0, 0.1) is 0 Å². The number of hydrazone groups is 1. The lowest BCUT2D eigenvalue weighted by Gasteiger charge is -1.91. The SMILES string of the molecule is C=C/C(C)=C(Cl)\C=N/NC. The largest absolute Gasteiger partial charge is 0.313 e. The predicted octanol–water partition coefficient (Wildman–Crippen LogP) is 1.89. The van der Waals surface area contributed by atoms with Gasteiger partial charge in [0.1, 0.15) is 0 Å². The smallest absolute Gasteiger partial charge is 0.0657 e. The van der Waals surface area contributed by atoms with E-state index in [2.05, 4.69) is 17.1 Å². The number of nitrogens with one attached hydrogen (secondary N) is 1. The van der Waals surface area contributed by atoms with E-state index in [4.69, 9.17) is 11.6 Å². The molecule has 0 rings (SSSR count). The van der Waals surface area contributed by atoms with Gasteiger partial charge in [0, 0.05) is 7.05 Å². The van der Waals surface area contributed by atoms with Crippen molar-refractivity contribution in [1.29, 1.82) is 0 Å². The highest BCUT2D eigenvalue weighted by atomic mass is 35.5. The molecule has 0 saturated carbocycles. The molecule has 0 aromatic heterocycles. The lowest BCUT2D eigenvalue weighted by Crippen LogP contribution is -1.94. The summed E-state index contributed by atoms with van der Waals surface area (Å²) in [5.41, 5.74) is 3.51. The second-order valence-corrected chi connectivity index (χ2v) is 2.12. The van der Waals surface area contributed by atoms with E-state index in [1.54, 1.807) is 19.3 Å². The summed E-state index contributed by atoms with van der Waals surface area (Å²) in [7, 11) is 1.71. The van der Waals surface area contributed by atoms with Crippen molar-refractivity contribution in [1.82, 2.24) is 5.43 Å². The molecule has 56 valence electrons. The van der Waals surface area contributed by atoms with E-state index in [0.717, 1.165) is 5.57 Å². The fraction of sp³-hybridized carbons (Fsp3) is 0.286. The molecule has 0 bridgehead atoms. The van der Waals surface area contributed by atoms with E-state index >= 15 is 0 Å². The van der Waals surface area contributed by atoms with Crippen molar-refractivity contribution in [2.24, 2.45) is 5.10 Å². The highest BCUT2D eigenvalue weighted by Crippen LogP contribution is 2.06. The number of halogens is 1. The average molecular weight is 159 g/mol. The third-order valence-corrected chi connectivity index (χ3v) is 1.39. The van der Waals surface area contributed by atoms with E-state index < -0.39 is 0 Å². The van der Waals surface area contributed by atoms with Crippen LogP contribution in [0.1, 0.15) is 6.92 Å². The van der Waals surface area contributed by atoms with Gasteiger partial charge in [-0.25, -0.2) is 0 Å². The maximum Gasteiger partial charge on any atom is 0.0657 e. The summed E-state index contributed by atoms with van der Waals surface area (Å²) in [6, 6.07) is 0. The molecule has 0 heterocycles. The minimum atomic E-state index is 0.601. The van der Waals surface area contributed by atoms with Crippen LogP contribution in [0.3, 0.4) is 0 Å². The van der Waals surface area contributed by atoms with Crippen LogP contribution in [0.15, 0.2) is 28.4 Å². The fourth-order valence-electron chi connectivity index (χ4n) is 0.321. The summed E-state index contributed by atoms with van der Waals surface area (Å²) in [6.07, 6.45) is 3.22. The van der Waals surface area contributed by atoms with E-state index in [9.17, 15) is 0 Å². The zero-order chi connectivity index (χ0) is 7.98. The van der Waals surface area contributed by atoms with Gasteiger partial charge in [0.25, 0.3) is 0 Å². The van der Waals surface area contributed by atoms with Crippen LogP contribution in [0.4, 0.5) is 0 Å². The van der Waals surface area contributed by atoms with Crippen LogP contribution in [0.5, 0.6) is 0 Å². The molecule has 0 aliphatic carbocycles. The maximum atomic E-state index is 5.73. The first-order valence-corrected chi connectivity index (χ1v) is 3.28. The van der Waals surface area contributed by atoms with Crippen LogP contribution in [0.2, 0.25) is 0 Å². The first kappa shape index (κ1) is 9.24. The Kier molecular flexibility index (Phi) is 4.67. The standard InChI is InChI=1S/C7H11ClN2/c1-4-6(2)7(8)5-10-9-3/h4-5,9H,1H2,2-3H3/b7-6+,10-5-. The van der Waals surface area contributed by atoms with Crippen molar-refractivity contribution in [2.45, 2.75) is 6.92 Å². The molecule has 1 N–H and O–H groups in total. The Morgan fingerprint density at radius 3 is 2.70 bits per heavy atom. The monoisotopic (exact) mass is 158 g/mol. The summed E-state index contributed by atoms with van der Waals surface area (Å²) >= 11 is 5.73. The molecule has 0 fully saturated rings. The Morgan fingerprint density at radius 2 is 2.30 bits per heavy atom. The Labute approximate surface area is 66.3 Å². The van der Waals surface area contributed by atoms with Gasteiger partial charge < -0.3 is 5.43 Å². The number of hydrogen-bond acceptors (Lipinski definition) is 2. The quantitative estimate of drug-likeness (QED) is 0.379. The van der Waals surface area contributed by atoms with Crippen molar-refractivity contribution >= 4 is 17.8 Å². The normalized spacial score (nSPS) is 13.1. The molecule has 0 atom stereocenters. The van der Waals surface area contributed by atoms with Gasteiger partial charge in [-0.2, -0.15) is 5.10 Å². The van der Waals surface area contributed by atoms with Gasteiger partial charge in [0.2, 0.25) is 0 Å². The molecule has 0 unspecified atom stereocenters. The van der Waals surface area contributed by atoms with Crippen molar-refractivity contribution < 1.29 is 0 Å². The number of allylic oxidation sites excluding steroid dienone is 3. The first-order valence-electron chi connectivity index (χ1n) is 2.91. The second-order valence-electron chi connectivity index (χ2n) is 1.72. The summed E-state index contributed by atoms with van der Waals surface area (Å²) < 4.78 is 0. The summed E-state index contributed by atoms with van der Waals surface area (Å²) in [4.78, 5) is 0. The Balaban J connectivity index is 4.17. The molecule has 2 nitrogen and oxygen atoms in total. The zero-order valence-corrected chi connectivity index (χ0v) is 6.94. The fourth-order valence-corrected chi connectivity index (χ4v) is 0.446. The summed E-state index contributed by atoms with van der Waals surface area (Å²) in [6.45, 7) is 5.44. The summed E-state index contributed by atoms with van der Waals surface area (Å²) in [5.74, 6) is 0. The van der Waals surface area contributed by atoms with Crippen LogP contribution in [-0.4, -0.2) is 13.3 Å². The van der Waals surface area contributed by atoms with Crippen molar-refractivity contribution in [3.8, 4) is 0 Å². The molecule has 10 heavy (non-hydrogen) atoms. The molecule has 0 saturated heterocycles. The van der Waals surface area contributed by atoms with Crippen molar-refractivity contribution in [3.63, 3.8) is 0 Å². The Hall–Kier alpha value is -0.760. The van der Waals surface area contributed by atoms with Gasteiger partial charge in [-0.05, 0) is 12.5 Å². The molecule has 3 heteroatoms. The molecular weight excluding hydrogens is 148 g/mol. The molecule has 0 amide bonds. The van der Waals surface area contributed by atoms with Gasteiger partial charge >= 0.3 is 0 Å². The lowest BCUT2D eigenvalue weighted by atomic mass is 10.3. The van der Waals surface area contributed by atoms with Crippen molar-refractivity contribution in [2.75, 3.05) is 7.05 Å². The first-order chi connectivity index (χ1) is 4.72.